The van der Waals surface area contributed by atoms with Crippen molar-refractivity contribution in [1.29, 1.82) is 0 Å². The summed E-state index contributed by atoms with van der Waals surface area (Å²) >= 11 is 0. The summed E-state index contributed by atoms with van der Waals surface area (Å²) in [5.41, 5.74) is 8.34. The van der Waals surface area contributed by atoms with Crippen LogP contribution in [0.4, 0.5) is 11.4 Å². The van der Waals surface area contributed by atoms with Gasteiger partial charge in [0.15, 0.2) is 0 Å². The van der Waals surface area contributed by atoms with Crippen molar-refractivity contribution in [2.24, 2.45) is 11.8 Å². The summed E-state index contributed by atoms with van der Waals surface area (Å²) in [6, 6.07) is 5.69. The van der Waals surface area contributed by atoms with Crippen LogP contribution >= 0.6 is 0 Å². The third kappa shape index (κ3) is 3.73. The number of rotatable bonds is 3. The SMILES string of the molecule is Cc1ccc(NC(=O)CN2CCC(C)[C@@H](C)C2)c(N)c1. The van der Waals surface area contributed by atoms with E-state index in [1.807, 2.05) is 25.1 Å². The molecule has 0 saturated carbocycles. The molecule has 1 amide bonds. The van der Waals surface area contributed by atoms with Gasteiger partial charge >= 0.3 is 0 Å². The van der Waals surface area contributed by atoms with Crippen molar-refractivity contribution in [1.82, 2.24) is 4.90 Å². The van der Waals surface area contributed by atoms with Crippen LogP contribution in [0.2, 0.25) is 0 Å². The first-order chi connectivity index (χ1) is 9.45. The Morgan fingerprint density at radius 2 is 2.15 bits per heavy atom. The number of nitrogen functional groups attached to an aromatic ring is 1. The minimum Gasteiger partial charge on any atom is -0.397 e. The molecular formula is C16H25N3O. The Bertz CT molecular complexity index is 487. The number of aryl methyl sites for hydroxylation is 1. The van der Waals surface area contributed by atoms with Gasteiger partial charge in [0, 0.05) is 6.54 Å². The van der Waals surface area contributed by atoms with Crippen LogP contribution in [0.15, 0.2) is 18.2 Å². The van der Waals surface area contributed by atoms with Gasteiger partial charge in [0.25, 0.3) is 0 Å². The molecule has 110 valence electrons. The zero-order chi connectivity index (χ0) is 14.7. The fraction of sp³-hybridized carbons (Fsp3) is 0.562. The molecular weight excluding hydrogens is 250 g/mol. The molecule has 4 nitrogen and oxygen atoms in total. The van der Waals surface area contributed by atoms with E-state index in [4.69, 9.17) is 5.73 Å². The zero-order valence-electron chi connectivity index (χ0n) is 12.6. The fourth-order valence-electron chi connectivity index (χ4n) is 2.68. The smallest absolute Gasteiger partial charge is 0.238 e. The summed E-state index contributed by atoms with van der Waals surface area (Å²) in [6.07, 6.45) is 1.17. The minimum absolute atomic E-state index is 0.0160. The maximum Gasteiger partial charge on any atom is 0.238 e. The summed E-state index contributed by atoms with van der Waals surface area (Å²) in [7, 11) is 0. The van der Waals surface area contributed by atoms with Gasteiger partial charge in [-0.15, -0.1) is 0 Å². The molecule has 1 saturated heterocycles. The number of nitrogens with zero attached hydrogens (tertiary/aromatic N) is 1. The van der Waals surface area contributed by atoms with E-state index in [1.54, 1.807) is 0 Å². The Balaban J connectivity index is 1.89. The average molecular weight is 275 g/mol. The Morgan fingerprint density at radius 3 is 2.80 bits per heavy atom. The van der Waals surface area contributed by atoms with Crippen LogP contribution < -0.4 is 11.1 Å². The molecule has 1 heterocycles. The monoisotopic (exact) mass is 275 g/mol. The van der Waals surface area contributed by atoms with E-state index in [2.05, 4.69) is 24.1 Å². The van der Waals surface area contributed by atoms with Gasteiger partial charge < -0.3 is 11.1 Å². The lowest BCUT2D eigenvalue weighted by atomic mass is 9.89. The van der Waals surface area contributed by atoms with Crippen molar-refractivity contribution < 1.29 is 4.79 Å². The fourth-order valence-corrected chi connectivity index (χ4v) is 2.68. The molecule has 3 N–H and O–H groups in total. The highest BCUT2D eigenvalue weighted by molar-refractivity contribution is 5.95. The predicted octanol–water partition coefficient (Wildman–Crippen LogP) is 2.49. The molecule has 1 aliphatic heterocycles. The molecule has 2 atom stereocenters. The van der Waals surface area contributed by atoms with E-state index in [1.165, 1.54) is 6.42 Å². The van der Waals surface area contributed by atoms with Crippen molar-refractivity contribution in [3.05, 3.63) is 23.8 Å². The second kappa shape index (κ2) is 6.27. The number of nitrogens with two attached hydrogens (primary N) is 1. The Hall–Kier alpha value is -1.55. The maximum atomic E-state index is 12.1. The third-order valence-electron chi connectivity index (χ3n) is 4.27. The van der Waals surface area contributed by atoms with E-state index >= 15 is 0 Å². The lowest BCUT2D eigenvalue weighted by molar-refractivity contribution is -0.117. The van der Waals surface area contributed by atoms with Gasteiger partial charge in [-0.3, -0.25) is 9.69 Å². The molecule has 1 aliphatic rings. The van der Waals surface area contributed by atoms with Crippen LogP contribution in [-0.4, -0.2) is 30.4 Å². The highest BCUT2D eigenvalue weighted by Gasteiger charge is 2.23. The van der Waals surface area contributed by atoms with E-state index in [9.17, 15) is 4.79 Å². The summed E-state index contributed by atoms with van der Waals surface area (Å²) < 4.78 is 0. The van der Waals surface area contributed by atoms with Gasteiger partial charge in [-0.25, -0.2) is 0 Å². The summed E-state index contributed by atoms with van der Waals surface area (Å²) in [5.74, 6) is 1.42. The molecule has 0 aromatic heterocycles. The number of amides is 1. The molecule has 0 aliphatic carbocycles. The van der Waals surface area contributed by atoms with E-state index < -0.39 is 0 Å². The molecule has 4 heteroatoms. The van der Waals surface area contributed by atoms with Crippen LogP contribution in [0, 0.1) is 18.8 Å². The molecule has 1 unspecified atom stereocenters. The van der Waals surface area contributed by atoms with Gasteiger partial charge in [-0.2, -0.15) is 0 Å². The molecule has 20 heavy (non-hydrogen) atoms. The highest BCUT2D eigenvalue weighted by atomic mass is 16.2. The van der Waals surface area contributed by atoms with Crippen LogP contribution in [0.5, 0.6) is 0 Å². The highest BCUT2D eigenvalue weighted by Crippen LogP contribution is 2.23. The van der Waals surface area contributed by atoms with Gasteiger partial charge in [0.2, 0.25) is 5.91 Å². The Labute approximate surface area is 121 Å². The first-order valence-corrected chi connectivity index (χ1v) is 7.34. The molecule has 0 bridgehead atoms. The van der Waals surface area contributed by atoms with Gasteiger partial charge in [0.05, 0.1) is 17.9 Å². The minimum atomic E-state index is 0.0160. The lowest BCUT2D eigenvalue weighted by Crippen LogP contribution is -2.42. The standard InChI is InChI=1S/C16H25N3O/c1-11-4-5-15(14(17)8-11)18-16(20)10-19-7-6-12(2)13(3)9-19/h4-5,8,12-13H,6-7,9-10,17H2,1-3H3,(H,18,20)/t12?,13-/m0/s1. The lowest BCUT2D eigenvalue weighted by Gasteiger charge is -2.34. The second-order valence-electron chi connectivity index (χ2n) is 6.12. The van der Waals surface area contributed by atoms with Gasteiger partial charge in [0.1, 0.15) is 0 Å². The topological polar surface area (TPSA) is 58.4 Å². The third-order valence-corrected chi connectivity index (χ3v) is 4.27. The van der Waals surface area contributed by atoms with E-state index in [-0.39, 0.29) is 5.91 Å². The van der Waals surface area contributed by atoms with Gasteiger partial charge in [-0.1, -0.05) is 19.9 Å². The molecule has 0 spiro atoms. The number of carbonyl (C=O) groups is 1. The normalized spacial score (nSPS) is 23.6. The Morgan fingerprint density at radius 1 is 1.40 bits per heavy atom. The number of nitrogens with one attached hydrogen (secondary N) is 1. The first-order valence-electron chi connectivity index (χ1n) is 7.34. The van der Waals surface area contributed by atoms with Crippen molar-refractivity contribution in [3.8, 4) is 0 Å². The molecule has 0 radical (unpaired) electrons. The van der Waals surface area contributed by atoms with Crippen molar-refractivity contribution in [3.63, 3.8) is 0 Å². The number of benzene rings is 1. The predicted molar refractivity (Wildman–Crippen MR) is 83.6 cm³/mol. The summed E-state index contributed by atoms with van der Waals surface area (Å²) in [4.78, 5) is 14.3. The first kappa shape index (κ1) is 14.9. The zero-order valence-corrected chi connectivity index (χ0v) is 12.6. The van der Waals surface area contributed by atoms with Crippen LogP contribution in [0.25, 0.3) is 0 Å². The second-order valence-corrected chi connectivity index (χ2v) is 6.12. The van der Waals surface area contributed by atoms with Crippen LogP contribution in [-0.2, 0) is 4.79 Å². The maximum absolute atomic E-state index is 12.1. The number of piperidine rings is 1. The average Bonchev–Trinajstić information content (AvgIpc) is 2.37. The largest absolute Gasteiger partial charge is 0.397 e. The van der Waals surface area contributed by atoms with Crippen LogP contribution in [0.1, 0.15) is 25.8 Å². The Kier molecular flexibility index (Phi) is 4.65. The van der Waals surface area contributed by atoms with Crippen molar-refractivity contribution in [2.75, 3.05) is 30.7 Å². The summed E-state index contributed by atoms with van der Waals surface area (Å²) in [5, 5.41) is 2.91. The number of likely N-dealkylation sites (tertiary alicyclic amines) is 1. The molecule has 1 fully saturated rings. The van der Waals surface area contributed by atoms with Gasteiger partial charge in [-0.05, 0) is 49.4 Å². The summed E-state index contributed by atoms with van der Waals surface area (Å²) in [6.45, 7) is 8.98. The molecule has 1 aromatic rings. The number of hydrogen-bond acceptors (Lipinski definition) is 3. The quantitative estimate of drug-likeness (QED) is 0.833. The number of anilines is 2. The van der Waals surface area contributed by atoms with E-state index in [0.29, 0.717) is 23.8 Å². The molecule has 1 aromatic carbocycles. The number of carbonyl (C=O) groups excluding carboxylic acids is 1. The van der Waals surface area contributed by atoms with Crippen LogP contribution in [0.3, 0.4) is 0 Å². The number of hydrogen-bond donors (Lipinski definition) is 2. The van der Waals surface area contributed by atoms with Crippen molar-refractivity contribution >= 4 is 17.3 Å². The molecule has 2 rings (SSSR count). The van der Waals surface area contributed by atoms with Crippen molar-refractivity contribution in [2.45, 2.75) is 27.2 Å². The van der Waals surface area contributed by atoms with E-state index in [0.717, 1.165) is 24.6 Å².